The van der Waals surface area contributed by atoms with E-state index >= 15 is 0 Å². The normalized spacial score (nSPS) is 19.8. The number of para-hydroxylation sites is 1. The van der Waals surface area contributed by atoms with E-state index < -0.39 is 41.6 Å². The number of benzene rings is 2. The second kappa shape index (κ2) is 15.7. The predicted molar refractivity (Wildman–Crippen MR) is 163 cm³/mol. The average molecular weight is 621 g/mol. The van der Waals surface area contributed by atoms with Crippen molar-refractivity contribution in [2.24, 2.45) is 5.73 Å². The maximum absolute atomic E-state index is 13.4. The summed E-state index contributed by atoms with van der Waals surface area (Å²) in [6, 6.07) is 12.0. The summed E-state index contributed by atoms with van der Waals surface area (Å²) in [5.74, 6) is -2.16. The van der Waals surface area contributed by atoms with Gasteiger partial charge in [0.2, 0.25) is 29.5 Å². The number of fused-ring (bicyclic) bond motifs is 1. The minimum Gasteiger partial charge on any atom is -0.491 e. The zero-order chi connectivity index (χ0) is 32.3. The van der Waals surface area contributed by atoms with Gasteiger partial charge in [-0.05, 0) is 42.5 Å². The highest BCUT2D eigenvalue weighted by Crippen LogP contribution is 2.19. The van der Waals surface area contributed by atoms with Gasteiger partial charge in [0, 0.05) is 45.9 Å². The Labute approximate surface area is 261 Å². The van der Waals surface area contributed by atoms with Crippen molar-refractivity contribution in [2.45, 2.75) is 63.7 Å². The van der Waals surface area contributed by atoms with Crippen LogP contribution >= 0.6 is 0 Å². The fraction of sp³-hybridized carbons (Fsp3) is 0.438. The molecule has 2 aromatic carbocycles. The van der Waals surface area contributed by atoms with E-state index in [9.17, 15) is 28.8 Å². The van der Waals surface area contributed by atoms with Crippen LogP contribution in [-0.2, 0) is 37.1 Å². The number of amides is 6. The van der Waals surface area contributed by atoms with Gasteiger partial charge in [0.25, 0.3) is 5.91 Å². The van der Waals surface area contributed by atoms with E-state index in [1.165, 1.54) is 4.90 Å². The van der Waals surface area contributed by atoms with Crippen molar-refractivity contribution in [1.29, 1.82) is 0 Å². The van der Waals surface area contributed by atoms with Gasteiger partial charge in [0.05, 0.1) is 12.1 Å². The van der Waals surface area contributed by atoms with E-state index in [0.717, 1.165) is 24.1 Å². The number of nitrogens with zero attached hydrogens (tertiary/aromatic N) is 2. The molecule has 0 aliphatic carbocycles. The first-order valence-electron chi connectivity index (χ1n) is 15.1. The minimum absolute atomic E-state index is 0.0156. The number of likely N-dealkylation sites (tertiary alicyclic amines) is 1. The molecule has 0 unspecified atom stereocenters. The summed E-state index contributed by atoms with van der Waals surface area (Å²) < 4.78 is 5.83. The van der Waals surface area contributed by atoms with Crippen molar-refractivity contribution in [1.82, 2.24) is 25.8 Å². The van der Waals surface area contributed by atoms with Crippen molar-refractivity contribution in [3.63, 3.8) is 0 Å². The third-order valence-electron chi connectivity index (χ3n) is 7.82. The molecule has 1 fully saturated rings. The molecule has 4 rings (SSSR count). The van der Waals surface area contributed by atoms with Crippen LogP contribution in [-0.4, -0.2) is 84.1 Å². The summed E-state index contributed by atoms with van der Waals surface area (Å²) >= 11 is 0. The van der Waals surface area contributed by atoms with Crippen LogP contribution in [0.4, 0.5) is 0 Å². The molecule has 0 spiro atoms. The standard InChI is InChI=1S/C32H40N6O7/c1-37-17-18-45-26-6-3-2-5-23(26)30(42)36-24(13-15-28(40)35-25(32(37)44)12-14-27(33)39)31(43)34-19-21-8-10-22(11-9-21)20-38-16-4-7-29(38)41/h2-3,5-6,8-11,24-25H,4,7,12-20H2,1H3,(H2,33,39)(H,34,43)(H,35,40)(H,36,42)/t24-,25-/m0/s1. The second-order valence-corrected chi connectivity index (χ2v) is 11.2. The molecule has 5 N–H and O–H groups in total. The molecule has 2 atom stereocenters. The van der Waals surface area contributed by atoms with Crippen LogP contribution in [0.2, 0.25) is 0 Å². The van der Waals surface area contributed by atoms with Gasteiger partial charge in [-0.15, -0.1) is 0 Å². The zero-order valence-corrected chi connectivity index (χ0v) is 25.4. The summed E-state index contributed by atoms with van der Waals surface area (Å²) in [6.45, 7) is 1.67. The number of hydrogen-bond donors (Lipinski definition) is 4. The molecule has 1 saturated heterocycles. The van der Waals surface area contributed by atoms with Crippen LogP contribution in [0.5, 0.6) is 5.75 Å². The van der Waals surface area contributed by atoms with Gasteiger partial charge >= 0.3 is 0 Å². The highest BCUT2D eigenvalue weighted by Gasteiger charge is 2.28. The predicted octanol–water partition coefficient (Wildman–Crippen LogP) is 0.605. The summed E-state index contributed by atoms with van der Waals surface area (Å²) in [5.41, 5.74) is 7.29. The number of ether oxygens (including phenoxy) is 1. The fourth-order valence-corrected chi connectivity index (χ4v) is 5.21. The lowest BCUT2D eigenvalue weighted by Crippen LogP contribution is -2.49. The molecule has 2 heterocycles. The largest absolute Gasteiger partial charge is 0.491 e. The molecular formula is C32H40N6O7. The zero-order valence-electron chi connectivity index (χ0n) is 25.4. The number of nitrogens with two attached hydrogens (primary N) is 1. The lowest BCUT2D eigenvalue weighted by atomic mass is 10.1. The average Bonchev–Trinajstić information content (AvgIpc) is 3.43. The van der Waals surface area contributed by atoms with E-state index in [1.54, 1.807) is 31.3 Å². The van der Waals surface area contributed by atoms with E-state index in [4.69, 9.17) is 10.5 Å². The van der Waals surface area contributed by atoms with Gasteiger partial charge in [-0.25, -0.2) is 0 Å². The molecule has 45 heavy (non-hydrogen) atoms. The molecule has 6 amide bonds. The lowest BCUT2D eigenvalue weighted by molar-refractivity contribution is -0.136. The Kier molecular flexibility index (Phi) is 11.5. The molecule has 0 radical (unpaired) electrons. The Balaban J connectivity index is 1.47. The Morgan fingerprint density at radius 1 is 0.978 bits per heavy atom. The quantitative estimate of drug-likeness (QED) is 0.334. The topological polar surface area (TPSA) is 180 Å². The molecule has 13 nitrogen and oxygen atoms in total. The number of carbonyl (C=O) groups excluding carboxylic acids is 6. The number of primary amides is 1. The van der Waals surface area contributed by atoms with Crippen molar-refractivity contribution in [3.05, 3.63) is 65.2 Å². The van der Waals surface area contributed by atoms with Crippen LogP contribution in [0.15, 0.2) is 48.5 Å². The molecule has 2 aliphatic rings. The van der Waals surface area contributed by atoms with Crippen LogP contribution in [0.1, 0.15) is 60.0 Å². The Morgan fingerprint density at radius 3 is 2.42 bits per heavy atom. The number of nitrogens with one attached hydrogen (secondary N) is 3. The van der Waals surface area contributed by atoms with Crippen molar-refractivity contribution in [3.8, 4) is 5.75 Å². The molecule has 2 aromatic rings. The number of carbonyl (C=O) groups is 6. The maximum atomic E-state index is 13.4. The summed E-state index contributed by atoms with van der Waals surface area (Å²) in [4.78, 5) is 79.3. The number of rotatable bonds is 8. The Hall–Kier alpha value is -4.94. The molecule has 0 bridgehead atoms. The van der Waals surface area contributed by atoms with E-state index in [-0.39, 0.29) is 62.6 Å². The third kappa shape index (κ3) is 9.52. The molecule has 0 aromatic heterocycles. The number of hydrogen-bond acceptors (Lipinski definition) is 7. The first kappa shape index (κ1) is 33.0. The monoisotopic (exact) mass is 620 g/mol. The highest BCUT2D eigenvalue weighted by molar-refractivity contribution is 6.00. The third-order valence-corrected chi connectivity index (χ3v) is 7.82. The van der Waals surface area contributed by atoms with Gasteiger partial charge < -0.3 is 36.2 Å². The van der Waals surface area contributed by atoms with Crippen LogP contribution < -0.4 is 26.4 Å². The maximum Gasteiger partial charge on any atom is 0.255 e. The van der Waals surface area contributed by atoms with Crippen molar-refractivity contribution < 1.29 is 33.5 Å². The minimum atomic E-state index is -1.08. The van der Waals surface area contributed by atoms with Gasteiger partial charge in [0.1, 0.15) is 24.4 Å². The van der Waals surface area contributed by atoms with Gasteiger partial charge in [-0.1, -0.05) is 36.4 Å². The van der Waals surface area contributed by atoms with Gasteiger partial charge in [-0.2, -0.15) is 0 Å². The van der Waals surface area contributed by atoms with E-state index in [2.05, 4.69) is 16.0 Å². The van der Waals surface area contributed by atoms with Crippen molar-refractivity contribution in [2.75, 3.05) is 26.7 Å². The fourth-order valence-electron chi connectivity index (χ4n) is 5.21. The highest BCUT2D eigenvalue weighted by atomic mass is 16.5. The first-order valence-corrected chi connectivity index (χ1v) is 15.1. The SMILES string of the molecule is CN1CCOc2ccccc2C(=O)N[C@H](C(=O)NCc2ccc(CN3CCCC3=O)cc2)CCC(=O)N[C@@H](CCC(N)=O)C1=O. The Morgan fingerprint density at radius 2 is 1.71 bits per heavy atom. The van der Waals surface area contributed by atoms with E-state index in [0.29, 0.717) is 13.0 Å². The summed E-state index contributed by atoms with van der Waals surface area (Å²) in [7, 11) is 1.55. The first-order chi connectivity index (χ1) is 21.6. The Bertz CT molecular complexity index is 1410. The van der Waals surface area contributed by atoms with Crippen LogP contribution in [0, 0.1) is 0 Å². The second-order valence-electron chi connectivity index (χ2n) is 11.2. The molecule has 0 saturated carbocycles. The number of likely N-dealkylation sites (N-methyl/N-ethyl adjacent to an activating group) is 1. The molecule has 2 aliphatic heterocycles. The van der Waals surface area contributed by atoms with Crippen LogP contribution in [0.25, 0.3) is 0 Å². The van der Waals surface area contributed by atoms with Gasteiger partial charge in [-0.3, -0.25) is 28.8 Å². The molecule has 13 heteroatoms. The summed E-state index contributed by atoms with van der Waals surface area (Å²) in [6.07, 6.45) is 1.13. The summed E-state index contributed by atoms with van der Waals surface area (Å²) in [5, 5.41) is 8.22. The van der Waals surface area contributed by atoms with Crippen LogP contribution in [0.3, 0.4) is 0 Å². The smallest absolute Gasteiger partial charge is 0.255 e. The van der Waals surface area contributed by atoms with E-state index in [1.807, 2.05) is 29.2 Å². The van der Waals surface area contributed by atoms with Crippen molar-refractivity contribution >= 4 is 35.4 Å². The molecule has 240 valence electrons. The lowest BCUT2D eigenvalue weighted by Gasteiger charge is -2.24. The molecular weight excluding hydrogens is 580 g/mol. The van der Waals surface area contributed by atoms with Gasteiger partial charge in [0.15, 0.2) is 0 Å².